The lowest BCUT2D eigenvalue weighted by atomic mass is 10.2. The number of fused-ring (bicyclic) bond motifs is 1. The summed E-state index contributed by atoms with van der Waals surface area (Å²) >= 11 is 0. The molecule has 0 saturated carbocycles. The Hall–Kier alpha value is -2.24. The highest BCUT2D eigenvalue weighted by Crippen LogP contribution is 2.33. The molecule has 0 aliphatic rings. The Morgan fingerprint density at radius 1 is 1.35 bits per heavy atom. The average Bonchev–Trinajstić information content (AvgIpc) is 2.69. The van der Waals surface area contributed by atoms with Gasteiger partial charge in [0, 0.05) is 12.4 Å². The summed E-state index contributed by atoms with van der Waals surface area (Å²) in [5.41, 5.74) is 0.826. The van der Waals surface area contributed by atoms with Crippen molar-refractivity contribution in [3.63, 3.8) is 0 Å². The first-order chi connectivity index (χ1) is 9.31. The number of carbonyl (C=O) groups excluding carboxylic acids is 1. The Morgan fingerprint density at radius 3 is 2.65 bits per heavy atom. The predicted molar refractivity (Wildman–Crippen MR) is 77.1 cm³/mol. The van der Waals surface area contributed by atoms with Gasteiger partial charge in [-0.25, -0.2) is 4.79 Å². The Morgan fingerprint density at radius 2 is 2.05 bits per heavy atom. The van der Waals surface area contributed by atoms with Crippen molar-refractivity contribution >= 4 is 22.7 Å². The van der Waals surface area contributed by atoms with Crippen LogP contribution in [0.2, 0.25) is 0 Å². The van der Waals surface area contributed by atoms with E-state index in [1.165, 1.54) is 0 Å². The number of rotatable bonds is 2. The summed E-state index contributed by atoms with van der Waals surface area (Å²) in [5, 5.41) is 7.82. The summed E-state index contributed by atoms with van der Waals surface area (Å²) in [5.74, 6) is 0.563. The second kappa shape index (κ2) is 5.03. The van der Waals surface area contributed by atoms with Crippen LogP contribution >= 0.6 is 0 Å². The Balaban J connectivity index is 2.35. The fourth-order valence-electron chi connectivity index (χ4n) is 1.95. The van der Waals surface area contributed by atoms with E-state index in [0.29, 0.717) is 11.4 Å². The number of nitrogens with zero attached hydrogens (tertiary/aromatic N) is 2. The highest BCUT2D eigenvalue weighted by Gasteiger charge is 2.19. The maximum Gasteiger partial charge on any atom is 0.412 e. The van der Waals surface area contributed by atoms with Crippen LogP contribution in [-0.4, -0.2) is 28.6 Å². The van der Waals surface area contributed by atoms with Gasteiger partial charge in [0.1, 0.15) is 11.1 Å². The van der Waals surface area contributed by atoms with Gasteiger partial charge in [0.15, 0.2) is 5.75 Å². The van der Waals surface area contributed by atoms with Gasteiger partial charge in [0.25, 0.3) is 0 Å². The number of carbonyl (C=O) groups is 1. The molecular weight excluding hydrogens is 258 g/mol. The molecule has 0 fully saturated rings. The largest absolute Gasteiger partial charge is 0.492 e. The molecule has 1 N–H and O–H groups in total. The zero-order valence-electron chi connectivity index (χ0n) is 12.4. The van der Waals surface area contributed by atoms with Gasteiger partial charge >= 0.3 is 6.09 Å². The molecule has 0 bridgehead atoms. The van der Waals surface area contributed by atoms with Crippen LogP contribution in [0, 0.1) is 0 Å². The Bertz CT molecular complexity index is 641. The van der Waals surface area contributed by atoms with Crippen molar-refractivity contribution in [1.29, 1.82) is 0 Å². The quantitative estimate of drug-likeness (QED) is 0.916. The summed E-state index contributed by atoms with van der Waals surface area (Å²) in [6.45, 7) is 5.44. The molecule has 1 aromatic carbocycles. The van der Waals surface area contributed by atoms with Crippen molar-refractivity contribution in [2.24, 2.45) is 7.05 Å². The van der Waals surface area contributed by atoms with Crippen molar-refractivity contribution in [2.75, 3.05) is 12.4 Å². The van der Waals surface area contributed by atoms with Gasteiger partial charge in [-0.2, -0.15) is 5.10 Å². The van der Waals surface area contributed by atoms with Gasteiger partial charge in [-0.05, 0) is 32.9 Å². The number of ether oxygens (including phenoxy) is 2. The second-order valence-corrected chi connectivity index (χ2v) is 5.48. The third-order valence-electron chi connectivity index (χ3n) is 2.70. The molecule has 1 aromatic heterocycles. The molecule has 0 atom stereocenters. The lowest BCUT2D eigenvalue weighted by Gasteiger charge is -2.20. The molecule has 0 aliphatic carbocycles. The topological polar surface area (TPSA) is 65.4 Å². The molecular formula is C14H19N3O3. The zero-order chi connectivity index (χ0) is 14.9. The van der Waals surface area contributed by atoms with E-state index in [-0.39, 0.29) is 0 Å². The summed E-state index contributed by atoms with van der Waals surface area (Å²) in [7, 11) is 3.38. The third kappa shape index (κ3) is 2.84. The van der Waals surface area contributed by atoms with Crippen LogP contribution in [0.4, 0.5) is 10.5 Å². The smallest absolute Gasteiger partial charge is 0.412 e. The van der Waals surface area contributed by atoms with Crippen LogP contribution in [-0.2, 0) is 11.8 Å². The summed E-state index contributed by atoms with van der Waals surface area (Å²) in [6, 6.07) is 3.64. The summed E-state index contributed by atoms with van der Waals surface area (Å²) in [4.78, 5) is 11.8. The lowest BCUT2D eigenvalue weighted by molar-refractivity contribution is 0.0635. The Labute approximate surface area is 117 Å². The summed E-state index contributed by atoms with van der Waals surface area (Å²) < 4.78 is 12.3. The first-order valence-corrected chi connectivity index (χ1v) is 6.30. The van der Waals surface area contributed by atoms with E-state index in [9.17, 15) is 4.79 Å². The van der Waals surface area contributed by atoms with Crippen LogP contribution < -0.4 is 10.1 Å². The molecule has 0 radical (unpaired) electrons. The third-order valence-corrected chi connectivity index (χ3v) is 2.70. The van der Waals surface area contributed by atoms with Gasteiger partial charge < -0.3 is 9.47 Å². The molecule has 20 heavy (non-hydrogen) atoms. The highest BCUT2D eigenvalue weighted by molar-refractivity contribution is 5.95. The molecule has 6 heteroatoms. The van der Waals surface area contributed by atoms with Gasteiger partial charge in [-0.15, -0.1) is 0 Å². The van der Waals surface area contributed by atoms with Crippen molar-refractivity contribution in [3.8, 4) is 5.75 Å². The van der Waals surface area contributed by atoms with Crippen LogP contribution in [0.5, 0.6) is 5.75 Å². The van der Waals surface area contributed by atoms with E-state index in [4.69, 9.17) is 9.47 Å². The van der Waals surface area contributed by atoms with Crippen LogP contribution in [0.1, 0.15) is 20.8 Å². The molecule has 0 saturated heterocycles. The molecule has 0 aliphatic heterocycles. The first kappa shape index (κ1) is 14.2. The molecule has 1 heterocycles. The number of hydrogen-bond donors (Lipinski definition) is 1. The summed E-state index contributed by atoms with van der Waals surface area (Å²) in [6.07, 6.45) is 1.23. The normalized spacial score (nSPS) is 11.4. The number of benzene rings is 1. The number of nitrogens with one attached hydrogen (secondary N) is 1. The number of anilines is 1. The number of amides is 1. The molecule has 108 valence electrons. The van der Waals surface area contributed by atoms with Crippen molar-refractivity contribution in [3.05, 3.63) is 18.3 Å². The predicted octanol–water partition coefficient (Wildman–Crippen LogP) is 2.93. The van der Waals surface area contributed by atoms with E-state index >= 15 is 0 Å². The Kier molecular flexibility index (Phi) is 3.57. The van der Waals surface area contributed by atoms with Crippen LogP contribution in [0.15, 0.2) is 18.3 Å². The van der Waals surface area contributed by atoms with E-state index in [0.717, 1.165) is 10.9 Å². The maximum absolute atomic E-state index is 11.8. The minimum Gasteiger partial charge on any atom is -0.492 e. The second-order valence-electron chi connectivity index (χ2n) is 5.48. The highest BCUT2D eigenvalue weighted by atomic mass is 16.6. The molecule has 1 amide bonds. The lowest BCUT2D eigenvalue weighted by Crippen LogP contribution is -2.27. The van der Waals surface area contributed by atoms with Gasteiger partial charge in [-0.3, -0.25) is 10.00 Å². The monoisotopic (exact) mass is 277 g/mol. The SMILES string of the molecule is COc1c(NC(=O)OC(C)(C)C)ccc2cnn(C)c12. The van der Waals surface area contributed by atoms with E-state index in [2.05, 4.69) is 10.4 Å². The standard InChI is InChI=1S/C14H19N3O3/c1-14(2,3)20-13(18)16-10-7-6-9-8-15-17(4)11(9)12(10)19-5/h6-8H,1-5H3,(H,16,18). The number of methoxy groups -OCH3 is 1. The van der Waals surface area contributed by atoms with E-state index < -0.39 is 11.7 Å². The van der Waals surface area contributed by atoms with E-state index in [1.807, 2.05) is 33.9 Å². The number of aryl methyl sites for hydroxylation is 1. The minimum absolute atomic E-state index is 0.516. The molecule has 2 rings (SSSR count). The molecule has 2 aromatic rings. The molecule has 6 nitrogen and oxygen atoms in total. The van der Waals surface area contributed by atoms with Crippen molar-refractivity contribution < 1.29 is 14.3 Å². The number of aromatic nitrogens is 2. The fourth-order valence-corrected chi connectivity index (χ4v) is 1.95. The van der Waals surface area contributed by atoms with Crippen molar-refractivity contribution in [2.45, 2.75) is 26.4 Å². The minimum atomic E-state index is -0.548. The van der Waals surface area contributed by atoms with Gasteiger partial charge in [0.05, 0.1) is 19.0 Å². The van der Waals surface area contributed by atoms with Crippen LogP contribution in [0.25, 0.3) is 10.9 Å². The van der Waals surface area contributed by atoms with Gasteiger partial charge in [-0.1, -0.05) is 0 Å². The molecule has 0 spiro atoms. The zero-order valence-corrected chi connectivity index (χ0v) is 12.4. The van der Waals surface area contributed by atoms with Gasteiger partial charge in [0.2, 0.25) is 0 Å². The fraction of sp³-hybridized carbons (Fsp3) is 0.429. The first-order valence-electron chi connectivity index (χ1n) is 6.30. The number of hydrogen-bond acceptors (Lipinski definition) is 4. The molecule has 0 unspecified atom stereocenters. The maximum atomic E-state index is 11.8. The van der Waals surface area contributed by atoms with E-state index in [1.54, 1.807) is 24.1 Å². The van der Waals surface area contributed by atoms with Crippen molar-refractivity contribution in [1.82, 2.24) is 9.78 Å². The van der Waals surface area contributed by atoms with Crippen LogP contribution in [0.3, 0.4) is 0 Å². The average molecular weight is 277 g/mol.